The van der Waals surface area contributed by atoms with E-state index in [1.807, 2.05) is 6.07 Å². The van der Waals surface area contributed by atoms with Gasteiger partial charge in [-0.2, -0.15) is 5.26 Å². The lowest BCUT2D eigenvalue weighted by atomic mass is 10.1. The molecule has 0 saturated carbocycles. The molecule has 17 heavy (non-hydrogen) atoms. The van der Waals surface area contributed by atoms with Crippen LogP contribution >= 0.6 is 0 Å². The summed E-state index contributed by atoms with van der Waals surface area (Å²) in [7, 11) is -1.17. The zero-order valence-electron chi connectivity index (χ0n) is 10.8. The average Bonchev–Trinajstić information content (AvgIpc) is 2.23. The molecule has 0 atom stereocenters. The van der Waals surface area contributed by atoms with E-state index in [4.69, 9.17) is 10.00 Å². The van der Waals surface area contributed by atoms with Crippen LogP contribution in [-0.2, 0) is 0 Å². The Balaban J connectivity index is 2.84. The van der Waals surface area contributed by atoms with Gasteiger partial charge < -0.3 is 4.74 Å². The fraction of sp³-hybridized carbons (Fsp3) is 0.462. The van der Waals surface area contributed by atoms with E-state index < -0.39 is 8.07 Å². The first kappa shape index (κ1) is 13.7. The van der Waals surface area contributed by atoms with E-state index in [1.54, 1.807) is 6.92 Å². The fourth-order valence-electron chi connectivity index (χ4n) is 1.40. The van der Waals surface area contributed by atoms with Crippen LogP contribution in [0.5, 0.6) is 5.75 Å². The van der Waals surface area contributed by atoms with Crippen LogP contribution in [0.4, 0.5) is 4.39 Å². The summed E-state index contributed by atoms with van der Waals surface area (Å²) in [4.78, 5) is 0. The fourth-order valence-corrected chi connectivity index (χ4v) is 2.12. The maximum Gasteiger partial charge on any atom is 0.142 e. The number of rotatable bonds is 4. The number of benzene rings is 1. The van der Waals surface area contributed by atoms with Crippen molar-refractivity contribution in [3.8, 4) is 11.8 Å². The van der Waals surface area contributed by atoms with Gasteiger partial charge in [0.1, 0.15) is 17.6 Å². The van der Waals surface area contributed by atoms with Crippen molar-refractivity contribution in [1.82, 2.24) is 0 Å². The minimum absolute atomic E-state index is 0.327. The van der Waals surface area contributed by atoms with E-state index in [9.17, 15) is 4.39 Å². The smallest absolute Gasteiger partial charge is 0.142 e. The van der Waals surface area contributed by atoms with E-state index >= 15 is 0 Å². The number of ether oxygens (including phenoxy) is 1. The third kappa shape index (κ3) is 3.86. The summed E-state index contributed by atoms with van der Waals surface area (Å²) in [5, 5.41) is 8.95. The average molecular weight is 251 g/mol. The molecule has 0 aromatic heterocycles. The Morgan fingerprint density at radius 3 is 2.53 bits per heavy atom. The van der Waals surface area contributed by atoms with Gasteiger partial charge in [0.2, 0.25) is 0 Å². The second-order valence-corrected chi connectivity index (χ2v) is 10.9. The number of nitrogens with zero attached hydrogens (tertiary/aromatic N) is 1. The van der Waals surface area contributed by atoms with E-state index in [-0.39, 0.29) is 5.82 Å². The maximum absolute atomic E-state index is 13.4. The predicted molar refractivity (Wildman–Crippen MR) is 69.5 cm³/mol. The van der Waals surface area contributed by atoms with Crippen molar-refractivity contribution in [2.24, 2.45) is 0 Å². The molecular formula is C13H18FNOSi. The first-order valence-corrected chi connectivity index (χ1v) is 9.38. The topological polar surface area (TPSA) is 33.0 Å². The number of nitriles is 1. The molecule has 92 valence electrons. The monoisotopic (exact) mass is 251 g/mol. The molecule has 0 fully saturated rings. The maximum atomic E-state index is 13.4. The Hall–Kier alpha value is -1.34. The summed E-state index contributed by atoms with van der Waals surface area (Å²) >= 11 is 0. The summed E-state index contributed by atoms with van der Waals surface area (Å²) in [6, 6.07) is 5.79. The van der Waals surface area contributed by atoms with Crippen molar-refractivity contribution in [2.45, 2.75) is 32.6 Å². The Kier molecular flexibility index (Phi) is 4.30. The van der Waals surface area contributed by atoms with Crippen LogP contribution in [0.15, 0.2) is 12.1 Å². The highest BCUT2D eigenvalue weighted by atomic mass is 28.3. The Labute approximate surface area is 103 Å². The summed E-state index contributed by atoms with van der Waals surface area (Å²) in [6.45, 7) is 8.94. The van der Waals surface area contributed by atoms with Crippen LogP contribution in [0.3, 0.4) is 0 Å². The van der Waals surface area contributed by atoms with Gasteiger partial charge in [-0.25, -0.2) is 4.39 Å². The molecular weight excluding hydrogens is 233 g/mol. The highest BCUT2D eigenvalue weighted by Gasteiger charge is 2.15. The molecule has 0 N–H and O–H groups in total. The lowest BCUT2D eigenvalue weighted by molar-refractivity contribution is 0.332. The van der Waals surface area contributed by atoms with E-state index in [0.717, 1.165) is 6.04 Å². The highest BCUT2D eigenvalue weighted by Crippen LogP contribution is 2.26. The lowest BCUT2D eigenvalue weighted by Gasteiger charge is -2.17. The van der Waals surface area contributed by atoms with Crippen LogP contribution in [0.25, 0.3) is 0 Å². The molecule has 2 nitrogen and oxygen atoms in total. The van der Waals surface area contributed by atoms with Crippen molar-refractivity contribution in [1.29, 1.82) is 5.26 Å². The zero-order valence-corrected chi connectivity index (χ0v) is 11.8. The molecule has 0 spiro atoms. The molecule has 1 aromatic carbocycles. The lowest BCUT2D eigenvalue weighted by Crippen LogP contribution is -2.22. The normalized spacial score (nSPS) is 11.1. The summed E-state index contributed by atoms with van der Waals surface area (Å²) in [6.07, 6.45) is 0. The molecule has 0 aliphatic heterocycles. The molecule has 0 radical (unpaired) electrons. The molecule has 1 aromatic rings. The van der Waals surface area contributed by atoms with Gasteiger partial charge in [-0.3, -0.25) is 0 Å². The van der Waals surface area contributed by atoms with Gasteiger partial charge in [-0.05, 0) is 25.1 Å². The first-order chi connectivity index (χ1) is 7.85. The molecule has 0 heterocycles. The minimum Gasteiger partial charge on any atom is -0.492 e. The highest BCUT2D eigenvalue weighted by molar-refractivity contribution is 6.76. The van der Waals surface area contributed by atoms with Crippen LogP contribution in [-0.4, -0.2) is 14.7 Å². The van der Waals surface area contributed by atoms with Crippen LogP contribution in [0, 0.1) is 24.1 Å². The van der Waals surface area contributed by atoms with Gasteiger partial charge in [-0.1, -0.05) is 19.6 Å². The summed E-state index contributed by atoms with van der Waals surface area (Å²) < 4.78 is 19.0. The second-order valence-electron chi connectivity index (χ2n) is 5.32. The summed E-state index contributed by atoms with van der Waals surface area (Å²) in [5.74, 6) is 0.0674. The molecule has 0 amide bonds. The van der Waals surface area contributed by atoms with E-state index in [0.29, 0.717) is 23.5 Å². The molecule has 0 unspecified atom stereocenters. The van der Waals surface area contributed by atoms with Gasteiger partial charge in [0.05, 0.1) is 12.2 Å². The van der Waals surface area contributed by atoms with E-state index in [1.165, 1.54) is 12.1 Å². The number of halogens is 1. The molecule has 0 aliphatic carbocycles. The van der Waals surface area contributed by atoms with Crippen molar-refractivity contribution < 1.29 is 9.13 Å². The van der Waals surface area contributed by atoms with Crippen molar-refractivity contribution in [2.75, 3.05) is 6.61 Å². The van der Waals surface area contributed by atoms with Crippen LogP contribution in [0.2, 0.25) is 25.7 Å². The SMILES string of the molecule is Cc1c(F)ccc(C#N)c1OCC[Si](C)(C)C. The Morgan fingerprint density at radius 1 is 1.35 bits per heavy atom. The Morgan fingerprint density at radius 2 is 2.00 bits per heavy atom. The minimum atomic E-state index is -1.17. The third-order valence-corrected chi connectivity index (χ3v) is 4.26. The van der Waals surface area contributed by atoms with Gasteiger partial charge in [-0.15, -0.1) is 0 Å². The zero-order chi connectivity index (χ0) is 13.1. The van der Waals surface area contributed by atoms with Gasteiger partial charge in [0.15, 0.2) is 0 Å². The molecule has 4 heteroatoms. The number of hydrogen-bond acceptors (Lipinski definition) is 2. The second kappa shape index (κ2) is 5.33. The van der Waals surface area contributed by atoms with Gasteiger partial charge >= 0.3 is 0 Å². The van der Waals surface area contributed by atoms with Crippen molar-refractivity contribution in [3.05, 3.63) is 29.1 Å². The van der Waals surface area contributed by atoms with Gasteiger partial charge in [0.25, 0.3) is 0 Å². The standard InChI is InChI=1S/C13H18FNOSi/c1-10-12(14)6-5-11(9-15)13(10)16-7-8-17(2,3)4/h5-6H,7-8H2,1-4H3. The molecule has 0 saturated heterocycles. The number of hydrogen-bond donors (Lipinski definition) is 0. The third-order valence-electron chi connectivity index (χ3n) is 2.56. The Bertz CT molecular complexity index is 446. The predicted octanol–water partition coefficient (Wildman–Crippen LogP) is 3.72. The van der Waals surface area contributed by atoms with Crippen LogP contribution in [0.1, 0.15) is 11.1 Å². The molecule has 0 bridgehead atoms. The largest absolute Gasteiger partial charge is 0.492 e. The van der Waals surface area contributed by atoms with Crippen molar-refractivity contribution in [3.63, 3.8) is 0 Å². The van der Waals surface area contributed by atoms with Gasteiger partial charge in [0, 0.05) is 13.6 Å². The molecule has 1 rings (SSSR count). The summed E-state index contributed by atoms with van der Waals surface area (Å²) in [5.41, 5.74) is 0.819. The first-order valence-electron chi connectivity index (χ1n) is 5.67. The van der Waals surface area contributed by atoms with Crippen molar-refractivity contribution >= 4 is 8.07 Å². The molecule has 0 aliphatic rings. The van der Waals surface area contributed by atoms with Crippen LogP contribution < -0.4 is 4.74 Å². The quantitative estimate of drug-likeness (QED) is 0.764. The van der Waals surface area contributed by atoms with E-state index in [2.05, 4.69) is 19.6 Å².